The van der Waals surface area contributed by atoms with E-state index in [1.54, 1.807) is 6.33 Å². The lowest BCUT2D eigenvalue weighted by molar-refractivity contribution is 0.455. The van der Waals surface area contributed by atoms with E-state index in [1.165, 1.54) is 0 Å². The fourth-order valence-electron chi connectivity index (χ4n) is 1.71. The number of aliphatic imine (C=N–C) groups is 1. The number of thioether (sulfide) groups is 1. The summed E-state index contributed by atoms with van der Waals surface area (Å²) < 4.78 is 1.98. The predicted octanol–water partition coefficient (Wildman–Crippen LogP) is 0.780. The number of nitrogens with two attached hydrogens (primary N) is 1. The highest BCUT2D eigenvalue weighted by Gasteiger charge is 2.12. The van der Waals surface area contributed by atoms with Crippen molar-refractivity contribution in [2.75, 3.05) is 24.6 Å². The molecule has 2 heterocycles. The molecule has 0 spiro atoms. The van der Waals surface area contributed by atoms with Gasteiger partial charge in [-0.1, -0.05) is 0 Å². The molecular weight excluding hydrogens is 363 g/mol. The van der Waals surface area contributed by atoms with Gasteiger partial charge in [-0.15, -0.1) is 34.2 Å². The second-order valence-electron chi connectivity index (χ2n) is 3.81. The molecule has 1 fully saturated rings. The summed E-state index contributed by atoms with van der Waals surface area (Å²) >= 11 is 1.96. The Kier molecular flexibility index (Phi) is 6.76. The van der Waals surface area contributed by atoms with Gasteiger partial charge in [-0.25, -0.2) is 4.99 Å². The van der Waals surface area contributed by atoms with Crippen molar-refractivity contribution in [3.8, 4) is 0 Å². The van der Waals surface area contributed by atoms with Crippen LogP contribution in [0.5, 0.6) is 0 Å². The quantitative estimate of drug-likeness (QED) is 0.475. The molecule has 0 aromatic carbocycles. The fraction of sp³-hybridized carbons (Fsp3) is 0.700. The Morgan fingerprint density at radius 3 is 2.89 bits per heavy atom. The van der Waals surface area contributed by atoms with Gasteiger partial charge in [-0.2, -0.15) is 11.8 Å². The average molecular weight is 382 g/mol. The van der Waals surface area contributed by atoms with Gasteiger partial charge in [-0.05, 0) is 6.92 Å². The Morgan fingerprint density at radius 2 is 2.22 bits per heavy atom. The van der Waals surface area contributed by atoms with Crippen LogP contribution in [0, 0.1) is 0 Å². The number of aromatic nitrogens is 3. The number of rotatable bonds is 3. The van der Waals surface area contributed by atoms with E-state index in [1.807, 2.05) is 16.3 Å². The number of halogens is 1. The van der Waals surface area contributed by atoms with Crippen molar-refractivity contribution in [2.24, 2.45) is 10.7 Å². The maximum atomic E-state index is 5.97. The summed E-state index contributed by atoms with van der Waals surface area (Å²) in [4.78, 5) is 6.51. The van der Waals surface area contributed by atoms with Crippen LogP contribution in [0.4, 0.5) is 0 Å². The molecule has 8 heteroatoms. The Hall–Kier alpha value is -0.510. The lowest BCUT2D eigenvalue weighted by Crippen LogP contribution is -2.42. The van der Waals surface area contributed by atoms with Crippen LogP contribution in [0.25, 0.3) is 0 Å². The molecule has 1 aliphatic rings. The molecule has 102 valence electrons. The molecule has 1 aromatic heterocycles. The molecule has 0 bridgehead atoms. The smallest absolute Gasteiger partial charge is 0.191 e. The third-order valence-corrected chi connectivity index (χ3v) is 3.70. The molecule has 2 N–H and O–H groups in total. The van der Waals surface area contributed by atoms with Crippen molar-refractivity contribution in [2.45, 2.75) is 20.0 Å². The minimum Gasteiger partial charge on any atom is -0.370 e. The van der Waals surface area contributed by atoms with Crippen LogP contribution < -0.4 is 5.73 Å². The van der Waals surface area contributed by atoms with Crippen LogP contribution in [0.2, 0.25) is 0 Å². The van der Waals surface area contributed by atoms with Crippen molar-refractivity contribution in [1.82, 2.24) is 19.7 Å². The Balaban J connectivity index is 0.00000162. The summed E-state index contributed by atoms with van der Waals surface area (Å²) in [5.74, 6) is 3.74. The maximum Gasteiger partial charge on any atom is 0.191 e. The number of guanidine groups is 1. The first-order valence-corrected chi connectivity index (χ1v) is 6.96. The van der Waals surface area contributed by atoms with E-state index in [0.717, 1.165) is 37.0 Å². The summed E-state index contributed by atoms with van der Waals surface area (Å²) in [5.41, 5.74) is 5.97. The first-order chi connectivity index (χ1) is 8.31. The molecule has 0 unspecified atom stereocenters. The standard InChI is InChI=1S/C10H18N6S.HI/c1-2-15-8-13-14-9(15)7-12-10(11)16-3-5-17-6-4-16;/h8H,2-7H2,1H3,(H2,11,12);1H. The van der Waals surface area contributed by atoms with Gasteiger partial charge in [0.05, 0.1) is 0 Å². The van der Waals surface area contributed by atoms with Crippen molar-refractivity contribution < 1.29 is 0 Å². The van der Waals surface area contributed by atoms with Crippen LogP contribution in [-0.2, 0) is 13.1 Å². The molecule has 1 saturated heterocycles. The topological polar surface area (TPSA) is 72.3 Å². The number of aryl methyl sites for hydroxylation is 1. The van der Waals surface area contributed by atoms with Crippen LogP contribution >= 0.6 is 35.7 Å². The molecule has 18 heavy (non-hydrogen) atoms. The molecule has 1 aromatic rings. The molecule has 1 aliphatic heterocycles. The Bertz CT molecular complexity index is 387. The first-order valence-electron chi connectivity index (χ1n) is 5.80. The molecule has 0 amide bonds. The first kappa shape index (κ1) is 15.5. The molecular formula is C10H19IN6S. The lowest BCUT2D eigenvalue weighted by Gasteiger charge is -2.27. The van der Waals surface area contributed by atoms with Crippen LogP contribution in [0.15, 0.2) is 11.3 Å². The lowest BCUT2D eigenvalue weighted by atomic mass is 10.5. The largest absolute Gasteiger partial charge is 0.370 e. The van der Waals surface area contributed by atoms with E-state index in [0.29, 0.717) is 12.5 Å². The number of hydrogen-bond donors (Lipinski definition) is 1. The van der Waals surface area contributed by atoms with E-state index in [2.05, 4.69) is 27.0 Å². The molecule has 0 radical (unpaired) electrons. The van der Waals surface area contributed by atoms with Crippen molar-refractivity contribution in [1.29, 1.82) is 0 Å². The molecule has 6 nitrogen and oxygen atoms in total. The summed E-state index contributed by atoms with van der Waals surface area (Å²) in [5, 5.41) is 7.90. The summed E-state index contributed by atoms with van der Waals surface area (Å²) in [6.07, 6.45) is 1.72. The Labute approximate surface area is 128 Å². The average Bonchev–Trinajstić information content (AvgIpc) is 2.84. The Morgan fingerprint density at radius 1 is 1.50 bits per heavy atom. The van der Waals surface area contributed by atoms with Crippen molar-refractivity contribution >= 4 is 41.7 Å². The third-order valence-electron chi connectivity index (χ3n) is 2.75. The van der Waals surface area contributed by atoms with E-state index in [4.69, 9.17) is 5.73 Å². The van der Waals surface area contributed by atoms with Gasteiger partial charge >= 0.3 is 0 Å². The molecule has 0 atom stereocenters. The van der Waals surface area contributed by atoms with E-state index in [9.17, 15) is 0 Å². The van der Waals surface area contributed by atoms with Gasteiger partial charge in [-0.3, -0.25) is 0 Å². The minimum absolute atomic E-state index is 0. The zero-order valence-electron chi connectivity index (χ0n) is 10.4. The number of nitrogens with zero attached hydrogens (tertiary/aromatic N) is 5. The second kappa shape index (κ2) is 7.82. The monoisotopic (exact) mass is 382 g/mol. The predicted molar refractivity (Wildman–Crippen MR) is 85.3 cm³/mol. The van der Waals surface area contributed by atoms with Gasteiger partial charge in [0.2, 0.25) is 0 Å². The second-order valence-corrected chi connectivity index (χ2v) is 5.03. The summed E-state index contributed by atoms with van der Waals surface area (Å²) in [6, 6.07) is 0. The summed E-state index contributed by atoms with van der Waals surface area (Å²) in [6.45, 7) is 5.39. The van der Waals surface area contributed by atoms with Crippen LogP contribution in [0.3, 0.4) is 0 Å². The van der Waals surface area contributed by atoms with E-state index < -0.39 is 0 Å². The number of hydrogen-bond acceptors (Lipinski definition) is 4. The van der Waals surface area contributed by atoms with Crippen molar-refractivity contribution in [3.05, 3.63) is 12.2 Å². The third kappa shape index (κ3) is 4.01. The highest BCUT2D eigenvalue weighted by molar-refractivity contribution is 14.0. The van der Waals surface area contributed by atoms with Gasteiger partial charge in [0.15, 0.2) is 11.8 Å². The normalized spacial score (nSPS) is 16.5. The highest BCUT2D eigenvalue weighted by Crippen LogP contribution is 2.08. The van der Waals surface area contributed by atoms with Gasteiger partial charge < -0.3 is 15.2 Å². The zero-order valence-corrected chi connectivity index (χ0v) is 13.6. The molecule has 0 saturated carbocycles. The van der Waals surface area contributed by atoms with E-state index >= 15 is 0 Å². The zero-order chi connectivity index (χ0) is 12.1. The van der Waals surface area contributed by atoms with E-state index in [-0.39, 0.29) is 24.0 Å². The van der Waals surface area contributed by atoms with Gasteiger partial charge in [0.1, 0.15) is 12.9 Å². The van der Waals surface area contributed by atoms with Crippen LogP contribution in [0.1, 0.15) is 12.7 Å². The van der Waals surface area contributed by atoms with Gasteiger partial charge in [0, 0.05) is 31.1 Å². The minimum atomic E-state index is 0. The van der Waals surface area contributed by atoms with Crippen LogP contribution in [-0.4, -0.2) is 50.2 Å². The van der Waals surface area contributed by atoms with Gasteiger partial charge in [0.25, 0.3) is 0 Å². The SMILES string of the molecule is CCn1cnnc1CN=C(N)N1CCSCC1.I. The highest BCUT2D eigenvalue weighted by atomic mass is 127. The van der Waals surface area contributed by atoms with Crippen molar-refractivity contribution in [3.63, 3.8) is 0 Å². The summed E-state index contributed by atoms with van der Waals surface area (Å²) in [7, 11) is 0. The molecule has 0 aliphatic carbocycles. The molecule has 2 rings (SSSR count). The fourth-order valence-corrected chi connectivity index (χ4v) is 2.61. The maximum absolute atomic E-state index is 5.97.